The zero-order valence-corrected chi connectivity index (χ0v) is 15.8. The summed E-state index contributed by atoms with van der Waals surface area (Å²) < 4.78 is 0.161. The number of nitro groups is 1. The molecule has 26 heavy (non-hydrogen) atoms. The van der Waals surface area contributed by atoms with E-state index in [0.29, 0.717) is 23.9 Å². The number of hydrogen-bond acceptors (Lipinski definition) is 4. The summed E-state index contributed by atoms with van der Waals surface area (Å²) in [6.07, 6.45) is 6.80. The number of amides is 2. The summed E-state index contributed by atoms with van der Waals surface area (Å²) >= 11 is 3.96. The molecular formula is C19H19BrN2O4. The first-order valence-electron chi connectivity index (χ1n) is 9.11. The van der Waals surface area contributed by atoms with Gasteiger partial charge in [0.15, 0.2) is 0 Å². The van der Waals surface area contributed by atoms with Crippen molar-refractivity contribution in [1.29, 1.82) is 0 Å². The smallest absolute Gasteiger partial charge is 0.270 e. The van der Waals surface area contributed by atoms with Crippen molar-refractivity contribution in [2.45, 2.75) is 42.8 Å². The van der Waals surface area contributed by atoms with E-state index in [-0.39, 0.29) is 32.8 Å². The van der Waals surface area contributed by atoms with Gasteiger partial charge in [-0.3, -0.25) is 24.6 Å². The van der Waals surface area contributed by atoms with E-state index in [0.717, 1.165) is 19.3 Å². The van der Waals surface area contributed by atoms with Gasteiger partial charge in [0.05, 0.1) is 16.1 Å². The lowest BCUT2D eigenvalue weighted by Gasteiger charge is -2.60. The first kappa shape index (κ1) is 16.4. The van der Waals surface area contributed by atoms with Crippen LogP contribution in [0.25, 0.3) is 0 Å². The molecule has 5 aliphatic rings. The quantitative estimate of drug-likeness (QED) is 0.322. The van der Waals surface area contributed by atoms with E-state index in [9.17, 15) is 19.7 Å². The molecule has 0 saturated heterocycles. The highest BCUT2D eigenvalue weighted by Crippen LogP contribution is 2.64. The first-order chi connectivity index (χ1) is 12.3. The van der Waals surface area contributed by atoms with Gasteiger partial charge >= 0.3 is 0 Å². The highest BCUT2D eigenvalue weighted by molar-refractivity contribution is 9.10. The molecule has 4 saturated carbocycles. The summed E-state index contributed by atoms with van der Waals surface area (Å²) in [5, 5.41) is 11.0. The van der Waals surface area contributed by atoms with Crippen molar-refractivity contribution in [3.05, 3.63) is 39.4 Å². The summed E-state index contributed by atoms with van der Waals surface area (Å²) in [4.78, 5) is 37.5. The van der Waals surface area contributed by atoms with Crippen LogP contribution in [0.4, 0.5) is 5.69 Å². The van der Waals surface area contributed by atoms with Crippen molar-refractivity contribution in [3.63, 3.8) is 0 Å². The third kappa shape index (κ3) is 2.29. The molecule has 1 heterocycles. The van der Waals surface area contributed by atoms with E-state index >= 15 is 0 Å². The monoisotopic (exact) mass is 418 g/mol. The fraction of sp³-hybridized carbons (Fsp3) is 0.579. The number of fused-ring (bicyclic) bond motifs is 1. The molecule has 4 aliphatic carbocycles. The molecule has 1 aromatic carbocycles. The van der Waals surface area contributed by atoms with Gasteiger partial charge in [-0.2, -0.15) is 0 Å². The third-order valence-corrected chi connectivity index (χ3v) is 7.70. The van der Waals surface area contributed by atoms with Crippen molar-refractivity contribution >= 4 is 33.4 Å². The first-order valence-corrected chi connectivity index (χ1v) is 9.90. The van der Waals surface area contributed by atoms with Crippen molar-refractivity contribution in [2.75, 3.05) is 6.54 Å². The Bertz CT molecular complexity index is 853. The number of carbonyl (C=O) groups is 2. The summed E-state index contributed by atoms with van der Waals surface area (Å²) in [6.45, 7) is 0.438. The molecule has 4 bridgehead atoms. The van der Waals surface area contributed by atoms with Crippen molar-refractivity contribution in [2.24, 2.45) is 17.3 Å². The van der Waals surface area contributed by atoms with Crippen LogP contribution in [0.2, 0.25) is 0 Å². The van der Waals surface area contributed by atoms with Crippen molar-refractivity contribution in [3.8, 4) is 0 Å². The number of rotatable bonds is 3. The van der Waals surface area contributed by atoms with Crippen LogP contribution in [0.5, 0.6) is 0 Å². The molecule has 0 spiro atoms. The Kier molecular flexibility index (Phi) is 3.25. The largest absolute Gasteiger partial charge is 0.274 e. The average Bonchev–Trinajstić information content (AvgIpc) is 2.77. The van der Waals surface area contributed by atoms with Crippen LogP contribution >= 0.6 is 15.9 Å². The summed E-state index contributed by atoms with van der Waals surface area (Å²) in [5.41, 5.74) is 0.301. The van der Waals surface area contributed by atoms with Crippen LogP contribution in [0.15, 0.2) is 18.2 Å². The minimum Gasteiger partial charge on any atom is -0.274 e. The van der Waals surface area contributed by atoms with E-state index in [2.05, 4.69) is 15.9 Å². The Labute approximate surface area is 159 Å². The lowest BCUT2D eigenvalue weighted by Crippen LogP contribution is -2.57. The minimum atomic E-state index is -0.533. The molecule has 136 valence electrons. The molecular weight excluding hydrogens is 400 g/mol. The third-order valence-electron chi connectivity index (χ3n) is 6.77. The molecule has 1 aliphatic heterocycles. The molecule has 2 atom stereocenters. The van der Waals surface area contributed by atoms with Gasteiger partial charge in [0, 0.05) is 23.0 Å². The number of halogens is 1. The zero-order chi connectivity index (χ0) is 18.3. The fourth-order valence-electron chi connectivity index (χ4n) is 6.39. The standard InChI is InChI=1S/C19H19BrN2O4/c20-19-7-11-3-12(8-19)6-18(5-11,9-19)10-21-16(23)14-2-1-13(22(25)26)4-15(14)17(21)24/h1-2,4,11-12H,3,5-10H2. The number of carbonyl (C=O) groups excluding carboxylic acids is 2. The second kappa shape index (κ2) is 5.15. The minimum absolute atomic E-state index is 0.00706. The molecule has 6 rings (SSSR count). The number of hydrogen-bond donors (Lipinski definition) is 0. The molecule has 0 N–H and O–H groups in total. The fourth-order valence-corrected chi connectivity index (χ4v) is 7.90. The SMILES string of the molecule is O=C1c2ccc([N+](=O)[O-])cc2C(=O)N1CC12CC3CC(CC(Br)(C3)C1)C2. The van der Waals surface area contributed by atoms with Crippen LogP contribution in [-0.4, -0.2) is 32.5 Å². The van der Waals surface area contributed by atoms with Gasteiger partial charge in [-0.25, -0.2) is 0 Å². The Morgan fingerprint density at radius 3 is 2.38 bits per heavy atom. The van der Waals surface area contributed by atoms with Crippen molar-refractivity contribution in [1.82, 2.24) is 4.90 Å². The lowest BCUT2D eigenvalue weighted by atomic mass is 9.49. The van der Waals surface area contributed by atoms with Gasteiger partial charge in [0.2, 0.25) is 0 Å². The summed E-state index contributed by atoms with van der Waals surface area (Å²) in [5.74, 6) is 0.658. The summed E-state index contributed by atoms with van der Waals surface area (Å²) in [7, 11) is 0. The highest BCUT2D eigenvalue weighted by Gasteiger charge is 2.58. The Balaban J connectivity index is 1.46. The Hall–Kier alpha value is -1.76. The average molecular weight is 419 g/mol. The molecule has 6 nitrogen and oxygen atoms in total. The molecule has 2 unspecified atom stereocenters. The van der Waals surface area contributed by atoms with E-state index in [1.54, 1.807) is 0 Å². The predicted molar refractivity (Wildman–Crippen MR) is 97.2 cm³/mol. The van der Waals surface area contributed by atoms with Gasteiger partial charge in [-0.05, 0) is 61.8 Å². The van der Waals surface area contributed by atoms with Crippen molar-refractivity contribution < 1.29 is 14.5 Å². The molecule has 0 radical (unpaired) electrons. The van der Waals surface area contributed by atoms with Crippen LogP contribution in [0.1, 0.15) is 59.2 Å². The molecule has 0 aromatic heterocycles. The van der Waals surface area contributed by atoms with Crippen LogP contribution in [0, 0.1) is 27.4 Å². The number of imide groups is 1. The number of alkyl halides is 1. The van der Waals surface area contributed by atoms with Gasteiger partial charge in [-0.1, -0.05) is 15.9 Å². The van der Waals surface area contributed by atoms with Gasteiger partial charge in [0.25, 0.3) is 17.5 Å². The number of non-ortho nitro benzene ring substituents is 1. The highest BCUT2D eigenvalue weighted by atomic mass is 79.9. The Morgan fingerprint density at radius 1 is 1.12 bits per heavy atom. The topological polar surface area (TPSA) is 80.5 Å². The van der Waals surface area contributed by atoms with E-state index in [1.807, 2.05) is 0 Å². The maximum Gasteiger partial charge on any atom is 0.270 e. The lowest BCUT2D eigenvalue weighted by molar-refractivity contribution is -0.384. The number of nitrogens with zero attached hydrogens (tertiary/aromatic N) is 2. The normalized spacial score (nSPS) is 37.3. The maximum atomic E-state index is 12.9. The Morgan fingerprint density at radius 2 is 1.77 bits per heavy atom. The van der Waals surface area contributed by atoms with E-state index in [4.69, 9.17) is 0 Å². The molecule has 4 fully saturated rings. The predicted octanol–water partition coefficient (Wildman–Crippen LogP) is 3.92. The summed E-state index contributed by atoms with van der Waals surface area (Å²) in [6, 6.07) is 3.95. The van der Waals surface area contributed by atoms with E-state index in [1.165, 1.54) is 42.4 Å². The van der Waals surface area contributed by atoms with Gasteiger partial charge in [0.1, 0.15) is 0 Å². The van der Waals surface area contributed by atoms with Gasteiger partial charge < -0.3 is 0 Å². The van der Waals surface area contributed by atoms with E-state index < -0.39 is 4.92 Å². The van der Waals surface area contributed by atoms with Crippen LogP contribution in [-0.2, 0) is 0 Å². The van der Waals surface area contributed by atoms with Crippen LogP contribution in [0.3, 0.4) is 0 Å². The second-order valence-corrected chi connectivity index (χ2v) is 10.5. The molecule has 2 amide bonds. The zero-order valence-electron chi connectivity index (χ0n) is 14.2. The number of nitro benzene ring substituents is 1. The second-order valence-electron chi connectivity index (χ2n) is 8.80. The number of benzene rings is 1. The maximum absolute atomic E-state index is 12.9. The molecule has 7 heteroatoms. The van der Waals surface area contributed by atoms with Crippen LogP contribution < -0.4 is 0 Å². The molecule has 1 aromatic rings. The van der Waals surface area contributed by atoms with Gasteiger partial charge in [-0.15, -0.1) is 0 Å².